The molecule has 0 aliphatic heterocycles. The summed E-state index contributed by atoms with van der Waals surface area (Å²) in [5, 5.41) is 0. The van der Waals surface area contributed by atoms with Crippen LogP contribution in [-0.2, 0) is 0 Å². The SMILES string of the molecule is COc1cc(S)cn2ccnc12. The summed E-state index contributed by atoms with van der Waals surface area (Å²) < 4.78 is 7.01. The predicted octanol–water partition coefficient (Wildman–Crippen LogP) is 1.63. The molecule has 0 spiro atoms. The lowest BCUT2D eigenvalue weighted by Crippen LogP contribution is -1.90. The summed E-state index contributed by atoms with van der Waals surface area (Å²) in [7, 11) is 1.62. The van der Waals surface area contributed by atoms with Crippen LogP contribution in [0.2, 0.25) is 0 Å². The quantitative estimate of drug-likeness (QED) is 0.675. The molecular weight excluding hydrogens is 172 g/mol. The molecule has 2 aromatic heterocycles. The molecule has 3 nitrogen and oxygen atoms in total. The van der Waals surface area contributed by atoms with Gasteiger partial charge in [-0.05, 0) is 6.07 Å². The first-order valence-corrected chi connectivity index (χ1v) is 3.95. The van der Waals surface area contributed by atoms with Crippen molar-refractivity contribution in [2.75, 3.05) is 7.11 Å². The number of methoxy groups -OCH3 is 1. The Morgan fingerprint density at radius 1 is 1.58 bits per heavy atom. The van der Waals surface area contributed by atoms with Crippen molar-refractivity contribution < 1.29 is 4.74 Å². The number of aromatic nitrogens is 2. The summed E-state index contributed by atoms with van der Waals surface area (Å²) in [5.74, 6) is 0.743. The highest BCUT2D eigenvalue weighted by atomic mass is 32.1. The van der Waals surface area contributed by atoms with E-state index < -0.39 is 0 Å². The highest BCUT2D eigenvalue weighted by Gasteiger charge is 2.02. The first kappa shape index (κ1) is 7.49. The number of nitrogens with zero attached hydrogens (tertiary/aromatic N) is 2. The molecule has 62 valence electrons. The fraction of sp³-hybridized carbons (Fsp3) is 0.125. The molecule has 0 unspecified atom stereocenters. The third-order valence-electron chi connectivity index (χ3n) is 1.66. The van der Waals surface area contributed by atoms with Crippen molar-refractivity contribution in [1.29, 1.82) is 0 Å². The highest BCUT2D eigenvalue weighted by molar-refractivity contribution is 7.80. The third-order valence-corrected chi connectivity index (χ3v) is 1.90. The molecule has 2 heterocycles. The van der Waals surface area contributed by atoms with Crippen molar-refractivity contribution in [1.82, 2.24) is 9.38 Å². The van der Waals surface area contributed by atoms with Gasteiger partial charge in [-0.1, -0.05) is 0 Å². The Bertz CT molecular complexity index is 410. The minimum atomic E-state index is 0.743. The van der Waals surface area contributed by atoms with Gasteiger partial charge < -0.3 is 9.14 Å². The van der Waals surface area contributed by atoms with Gasteiger partial charge in [-0.2, -0.15) is 0 Å². The Hall–Kier alpha value is -1.16. The molecule has 0 amide bonds. The van der Waals surface area contributed by atoms with E-state index in [1.54, 1.807) is 13.3 Å². The van der Waals surface area contributed by atoms with Crippen molar-refractivity contribution >= 4 is 18.3 Å². The fourth-order valence-electron chi connectivity index (χ4n) is 1.14. The molecule has 0 radical (unpaired) electrons. The van der Waals surface area contributed by atoms with E-state index in [0.29, 0.717) is 0 Å². The number of hydrogen-bond donors (Lipinski definition) is 1. The maximum absolute atomic E-state index is 5.13. The standard InChI is InChI=1S/C8H8N2OS/c1-11-7-4-6(12)5-10-3-2-9-8(7)10/h2-5,12H,1H3. The lowest BCUT2D eigenvalue weighted by Gasteiger charge is -2.02. The number of fused-ring (bicyclic) bond motifs is 1. The minimum absolute atomic E-state index is 0.743. The van der Waals surface area contributed by atoms with E-state index >= 15 is 0 Å². The van der Waals surface area contributed by atoms with Crippen LogP contribution < -0.4 is 4.74 Å². The molecule has 0 aromatic carbocycles. The zero-order valence-corrected chi connectivity index (χ0v) is 7.45. The van der Waals surface area contributed by atoms with E-state index in [-0.39, 0.29) is 0 Å². The predicted molar refractivity (Wildman–Crippen MR) is 49.0 cm³/mol. The van der Waals surface area contributed by atoms with E-state index in [2.05, 4.69) is 17.6 Å². The van der Waals surface area contributed by atoms with Crippen molar-refractivity contribution in [3.8, 4) is 5.75 Å². The molecule has 0 aliphatic carbocycles. The summed E-state index contributed by atoms with van der Waals surface area (Å²) in [5.41, 5.74) is 0.815. The zero-order valence-electron chi connectivity index (χ0n) is 6.56. The average molecular weight is 180 g/mol. The Kier molecular flexibility index (Phi) is 1.69. The third kappa shape index (κ3) is 1.04. The van der Waals surface area contributed by atoms with Gasteiger partial charge in [0, 0.05) is 23.5 Å². The lowest BCUT2D eigenvalue weighted by molar-refractivity contribution is 0.415. The van der Waals surface area contributed by atoms with Crippen molar-refractivity contribution in [2.24, 2.45) is 0 Å². The summed E-state index contributed by atoms with van der Waals surface area (Å²) >= 11 is 4.23. The van der Waals surface area contributed by atoms with Crippen LogP contribution >= 0.6 is 12.6 Å². The van der Waals surface area contributed by atoms with Crippen LogP contribution in [0.15, 0.2) is 29.6 Å². The van der Waals surface area contributed by atoms with Gasteiger partial charge >= 0.3 is 0 Å². The van der Waals surface area contributed by atoms with Crippen molar-refractivity contribution in [3.05, 3.63) is 24.7 Å². The van der Waals surface area contributed by atoms with Crippen LogP contribution in [0.4, 0.5) is 0 Å². The number of imidazole rings is 1. The summed E-state index contributed by atoms with van der Waals surface area (Å²) in [6, 6.07) is 1.84. The van der Waals surface area contributed by atoms with Crippen LogP contribution in [0.3, 0.4) is 0 Å². The van der Waals surface area contributed by atoms with Crippen LogP contribution in [0.1, 0.15) is 0 Å². The van der Waals surface area contributed by atoms with Gasteiger partial charge in [-0.15, -0.1) is 12.6 Å². The van der Waals surface area contributed by atoms with Gasteiger partial charge in [-0.25, -0.2) is 4.98 Å². The molecule has 0 saturated heterocycles. The summed E-state index contributed by atoms with van der Waals surface area (Å²) in [6.45, 7) is 0. The van der Waals surface area contributed by atoms with Crippen LogP contribution in [0, 0.1) is 0 Å². The Labute approximate surface area is 75.4 Å². The molecule has 0 saturated carbocycles. The monoisotopic (exact) mass is 180 g/mol. The molecular formula is C8H8N2OS. The van der Waals surface area contributed by atoms with E-state index in [9.17, 15) is 0 Å². The van der Waals surface area contributed by atoms with Gasteiger partial charge in [-0.3, -0.25) is 0 Å². The zero-order chi connectivity index (χ0) is 8.55. The second-order valence-corrected chi connectivity index (χ2v) is 2.94. The van der Waals surface area contributed by atoms with E-state index in [1.165, 1.54) is 0 Å². The van der Waals surface area contributed by atoms with Crippen LogP contribution in [0.5, 0.6) is 5.75 Å². The molecule has 2 aromatic rings. The largest absolute Gasteiger partial charge is 0.493 e. The number of rotatable bonds is 1. The van der Waals surface area contributed by atoms with Crippen molar-refractivity contribution in [2.45, 2.75) is 4.90 Å². The summed E-state index contributed by atoms with van der Waals surface area (Å²) in [4.78, 5) is 4.99. The second kappa shape index (κ2) is 2.71. The molecule has 0 N–H and O–H groups in total. The van der Waals surface area contributed by atoms with E-state index in [0.717, 1.165) is 16.3 Å². The molecule has 0 bridgehead atoms. The topological polar surface area (TPSA) is 26.5 Å². The molecule has 2 rings (SSSR count). The number of thiol groups is 1. The normalized spacial score (nSPS) is 10.5. The number of ether oxygens (including phenoxy) is 1. The minimum Gasteiger partial charge on any atom is -0.493 e. The molecule has 4 heteroatoms. The van der Waals surface area contributed by atoms with Crippen LogP contribution in [0.25, 0.3) is 5.65 Å². The Morgan fingerprint density at radius 2 is 2.42 bits per heavy atom. The first-order chi connectivity index (χ1) is 5.81. The lowest BCUT2D eigenvalue weighted by atomic mass is 10.4. The van der Waals surface area contributed by atoms with E-state index in [1.807, 2.05) is 22.9 Å². The maximum atomic E-state index is 5.13. The van der Waals surface area contributed by atoms with Crippen molar-refractivity contribution in [3.63, 3.8) is 0 Å². The fourth-order valence-corrected chi connectivity index (χ4v) is 1.38. The Balaban J connectivity index is 2.80. The van der Waals surface area contributed by atoms with Gasteiger partial charge in [0.15, 0.2) is 11.4 Å². The maximum Gasteiger partial charge on any atom is 0.179 e. The molecule has 12 heavy (non-hydrogen) atoms. The van der Waals surface area contributed by atoms with Gasteiger partial charge in [0.25, 0.3) is 0 Å². The van der Waals surface area contributed by atoms with Gasteiger partial charge in [0.1, 0.15) is 0 Å². The molecule has 0 fully saturated rings. The number of pyridine rings is 1. The van der Waals surface area contributed by atoms with Gasteiger partial charge in [0.05, 0.1) is 7.11 Å². The summed E-state index contributed by atoms with van der Waals surface area (Å²) in [6.07, 6.45) is 5.47. The van der Waals surface area contributed by atoms with Gasteiger partial charge in [0.2, 0.25) is 0 Å². The van der Waals surface area contributed by atoms with Crippen LogP contribution in [-0.4, -0.2) is 16.5 Å². The molecule has 0 aliphatic rings. The first-order valence-electron chi connectivity index (χ1n) is 3.51. The Morgan fingerprint density at radius 3 is 3.17 bits per heavy atom. The van der Waals surface area contributed by atoms with E-state index in [4.69, 9.17) is 4.74 Å². The molecule has 0 atom stereocenters. The highest BCUT2D eigenvalue weighted by Crippen LogP contribution is 2.21. The average Bonchev–Trinajstić information content (AvgIpc) is 2.50. The smallest absolute Gasteiger partial charge is 0.179 e. The second-order valence-electron chi connectivity index (χ2n) is 2.42. The number of hydrogen-bond acceptors (Lipinski definition) is 3.